The van der Waals surface area contributed by atoms with Crippen molar-refractivity contribution in [3.63, 3.8) is 0 Å². The van der Waals surface area contributed by atoms with Gasteiger partial charge in [-0.15, -0.1) is 0 Å². The second-order valence-corrected chi connectivity index (χ2v) is 4.16. The van der Waals surface area contributed by atoms with E-state index in [1.165, 1.54) is 11.1 Å². The van der Waals surface area contributed by atoms with Crippen molar-refractivity contribution in [2.45, 2.75) is 19.9 Å². The number of nitrogens with zero attached hydrogens (tertiary/aromatic N) is 1. The molecule has 0 saturated heterocycles. The molecule has 0 radical (unpaired) electrons. The number of nitrogens with two attached hydrogens (primary N) is 1. The molecule has 4 nitrogen and oxygen atoms in total. The number of methoxy groups -OCH3 is 1. The fourth-order valence-corrected chi connectivity index (χ4v) is 1.92. The van der Waals surface area contributed by atoms with Crippen molar-refractivity contribution in [3.05, 3.63) is 29.1 Å². The van der Waals surface area contributed by atoms with E-state index in [1.807, 2.05) is 0 Å². The predicted molar refractivity (Wildman–Crippen MR) is 64.4 cm³/mol. The molecular formula is C12H17N3O. The molecule has 1 atom stereocenters. The van der Waals surface area contributed by atoms with Gasteiger partial charge in [-0.2, -0.15) is 0 Å². The molecule has 0 saturated carbocycles. The van der Waals surface area contributed by atoms with Crippen molar-refractivity contribution in [3.8, 4) is 0 Å². The van der Waals surface area contributed by atoms with Crippen LogP contribution in [0.3, 0.4) is 0 Å². The topological polar surface area (TPSA) is 63.9 Å². The Labute approximate surface area is 94.8 Å². The molecule has 4 heteroatoms. The van der Waals surface area contributed by atoms with Crippen LogP contribution < -0.4 is 5.73 Å². The molecule has 0 amide bonds. The second-order valence-electron chi connectivity index (χ2n) is 4.16. The zero-order chi connectivity index (χ0) is 11.7. The van der Waals surface area contributed by atoms with Crippen LogP contribution in [0.25, 0.3) is 11.0 Å². The maximum absolute atomic E-state index is 5.94. The summed E-state index contributed by atoms with van der Waals surface area (Å²) in [5, 5.41) is 0. The molecule has 1 unspecified atom stereocenters. The number of fused-ring (bicyclic) bond motifs is 1. The number of imidazole rings is 1. The van der Waals surface area contributed by atoms with Crippen LogP contribution in [0.1, 0.15) is 23.0 Å². The van der Waals surface area contributed by atoms with E-state index in [9.17, 15) is 0 Å². The Morgan fingerprint density at radius 2 is 2.19 bits per heavy atom. The number of nitrogens with one attached hydrogen (secondary N) is 1. The van der Waals surface area contributed by atoms with Gasteiger partial charge in [0.15, 0.2) is 0 Å². The van der Waals surface area contributed by atoms with Crippen LogP contribution in [0.2, 0.25) is 0 Å². The van der Waals surface area contributed by atoms with E-state index in [1.54, 1.807) is 7.11 Å². The van der Waals surface area contributed by atoms with Crippen molar-refractivity contribution >= 4 is 11.0 Å². The van der Waals surface area contributed by atoms with Gasteiger partial charge >= 0.3 is 0 Å². The van der Waals surface area contributed by atoms with E-state index < -0.39 is 0 Å². The summed E-state index contributed by atoms with van der Waals surface area (Å²) < 4.78 is 5.02. The van der Waals surface area contributed by atoms with Gasteiger partial charge in [0.2, 0.25) is 0 Å². The SMILES string of the molecule is COCC(N)c1nc2c(C)cc(C)cc2[nH]1. The van der Waals surface area contributed by atoms with Gasteiger partial charge in [-0.1, -0.05) is 6.07 Å². The lowest BCUT2D eigenvalue weighted by molar-refractivity contribution is 0.178. The molecule has 0 aliphatic heterocycles. The molecule has 1 aromatic heterocycles. The Morgan fingerprint density at radius 1 is 1.44 bits per heavy atom. The molecule has 1 aromatic carbocycles. The molecule has 1 heterocycles. The molecule has 0 fully saturated rings. The minimum atomic E-state index is -0.197. The minimum absolute atomic E-state index is 0.197. The van der Waals surface area contributed by atoms with Crippen molar-refractivity contribution in [2.24, 2.45) is 5.73 Å². The number of aromatic nitrogens is 2. The maximum atomic E-state index is 5.94. The van der Waals surface area contributed by atoms with E-state index in [0.29, 0.717) is 6.61 Å². The monoisotopic (exact) mass is 219 g/mol. The van der Waals surface area contributed by atoms with Crippen LogP contribution in [-0.4, -0.2) is 23.7 Å². The number of aryl methyl sites for hydroxylation is 2. The van der Waals surface area contributed by atoms with Gasteiger partial charge in [-0.25, -0.2) is 4.98 Å². The summed E-state index contributed by atoms with van der Waals surface area (Å²) in [5.41, 5.74) is 10.4. The fourth-order valence-electron chi connectivity index (χ4n) is 1.92. The average Bonchev–Trinajstić information content (AvgIpc) is 2.62. The molecule has 3 N–H and O–H groups in total. The number of rotatable bonds is 3. The molecule has 2 rings (SSSR count). The lowest BCUT2D eigenvalue weighted by Gasteiger charge is -2.05. The summed E-state index contributed by atoms with van der Waals surface area (Å²) in [7, 11) is 1.64. The zero-order valence-electron chi connectivity index (χ0n) is 9.87. The van der Waals surface area contributed by atoms with Crippen molar-refractivity contribution in [1.29, 1.82) is 0 Å². The fraction of sp³-hybridized carbons (Fsp3) is 0.417. The first-order valence-corrected chi connectivity index (χ1v) is 5.33. The van der Waals surface area contributed by atoms with Crippen molar-refractivity contribution in [2.75, 3.05) is 13.7 Å². The third-order valence-corrected chi connectivity index (χ3v) is 2.64. The number of hydrogen-bond donors (Lipinski definition) is 2. The third kappa shape index (κ3) is 1.94. The molecule has 0 aliphatic rings. The number of benzene rings is 1. The van der Waals surface area contributed by atoms with Gasteiger partial charge in [-0.05, 0) is 31.0 Å². The second kappa shape index (κ2) is 4.23. The van der Waals surface area contributed by atoms with Gasteiger partial charge in [0.1, 0.15) is 5.82 Å². The van der Waals surface area contributed by atoms with Crippen molar-refractivity contribution in [1.82, 2.24) is 9.97 Å². The van der Waals surface area contributed by atoms with E-state index in [4.69, 9.17) is 10.5 Å². The standard InChI is InChI=1S/C12H17N3O/c1-7-4-8(2)11-10(5-7)14-12(15-11)9(13)6-16-3/h4-5,9H,6,13H2,1-3H3,(H,14,15). The molecule has 0 spiro atoms. The van der Waals surface area contributed by atoms with E-state index in [-0.39, 0.29) is 6.04 Å². The Kier molecular flexibility index (Phi) is 2.94. The van der Waals surface area contributed by atoms with Crippen LogP contribution in [0.5, 0.6) is 0 Å². The quantitative estimate of drug-likeness (QED) is 0.827. The number of hydrogen-bond acceptors (Lipinski definition) is 3. The molecule has 2 aromatic rings. The summed E-state index contributed by atoms with van der Waals surface area (Å²) >= 11 is 0. The minimum Gasteiger partial charge on any atom is -0.383 e. The number of H-pyrrole nitrogens is 1. The average molecular weight is 219 g/mol. The maximum Gasteiger partial charge on any atom is 0.126 e. The predicted octanol–water partition coefficient (Wildman–Crippen LogP) is 1.83. The smallest absolute Gasteiger partial charge is 0.126 e. The normalized spacial score (nSPS) is 13.2. The summed E-state index contributed by atoms with van der Waals surface area (Å²) in [4.78, 5) is 7.76. The van der Waals surface area contributed by atoms with Gasteiger partial charge in [0, 0.05) is 7.11 Å². The van der Waals surface area contributed by atoms with E-state index >= 15 is 0 Å². The van der Waals surface area contributed by atoms with Crippen LogP contribution in [-0.2, 0) is 4.74 Å². The van der Waals surface area contributed by atoms with Crippen LogP contribution in [0, 0.1) is 13.8 Å². The van der Waals surface area contributed by atoms with Crippen molar-refractivity contribution < 1.29 is 4.74 Å². The van der Waals surface area contributed by atoms with E-state index in [0.717, 1.165) is 16.9 Å². The molecule has 86 valence electrons. The Bertz CT molecular complexity index is 504. The number of ether oxygens (including phenoxy) is 1. The first-order valence-electron chi connectivity index (χ1n) is 5.33. The largest absolute Gasteiger partial charge is 0.383 e. The highest BCUT2D eigenvalue weighted by Crippen LogP contribution is 2.20. The highest BCUT2D eigenvalue weighted by atomic mass is 16.5. The van der Waals surface area contributed by atoms with Gasteiger partial charge < -0.3 is 15.5 Å². The van der Waals surface area contributed by atoms with Crippen LogP contribution in [0.4, 0.5) is 0 Å². The summed E-state index contributed by atoms with van der Waals surface area (Å²) in [6.07, 6.45) is 0. The summed E-state index contributed by atoms with van der Waals surface area (Å²) in [6, 6.07) is 4.00. The van der Waals surface area contributed by atoms with Gasteiger partial charge in [0.05, 0.1) is 23.7 Å². The highest BCUT2D eigenvalue weighted by Gasteiger charge is 2.12. The Hall–Kier alpha value is -1.39. The molecule has 0 aliphatic carbocycles. The first kappa shape index (κ1) is 11.1. The van der Waals surface area contributed by atoms with Gasteiger partial charge in [-0.3, -0.25) is 0 Å². The molecule has 16 heavy (non-hydrogen) atoms. The van der Waals surface area contributed by atoms with Crippen LogP contribution in [0.15, 0.2) is 12.1 Å². The van der Waals surface area contributed by atoms with Gasteiger partial charge in [0.25, 0.3) is 0 Å². The highest BCUT2D eigenvalue weighted by molar-refractivity contribution is 5.79. The Balaban J connectivity index is 2.47. The van der Waals surface area contributed by atoms with E-state index in [2.05, 4.69) is 35.9 Å². The number of aromatic amines is 1. The zero-order valence-corrected chi connectivity index (χ0v) is 9.87. The third-order valence-electron chi connectivity index (χ3n) is 2.64. The summed E-state index contributed by atoms with van der Waals surface area (Å²) in [5.74, 6) is 0.783. The lowest BCUT2D eigenvalue weighted by Crippen LogP contribution is -2.17. The molecule has 0 bridgehead atoms. The first-order chi connectivity index (χ1) is 7.61. The molecular weight excluding hydrogens is 202 g/mol. The van der Waals surface area contributed by atoms with Crippen LogP contribution >= 0.6 is 0 Å². The summed E-state index contributed by atoms with van der Waals surface area (Å²) in [6.45, 7) is 4.60. The Morgan fingerprint density at radius 3 is 2.88 bits per heavy atom. The lowest BCUT2D eigenvalue weighted by atomic mass is 10.1.